The Morgan fingerprint density at radius 1 is 1.11 bits per heavy atom. The van der Waals surface area contributed by atoms with Gasteiger partial charge in [-0.1, -0.05) is 11.6 Å². The summed E-state index contributed by atoms with van der Waals surface area (Å²) in [6, 6.07) is 8.27. The zero-order chi connectivity index (χ0) is 33.4. The number of aryl methyl sites for hydroxylation is 4. The number of thioether (sulfide) groups is 1. The van der Waals surface area contributed by atoms with Crippen LogP contribution in [0.1, 0.15) is 57.8 Å². The summed E-state index contributed by atoms with van der Waals surface area (Å²) in [6.45, 7) is 5.90. The molecule has 0 unspecified atom stereocenters. The summed E-state index contributed by atoms with van der Waals surface area (Å²) >= 11 is 8.74. The minimum atomic E-state index is -0.963. The van der Waals surface area contributed by atoms with Crippen LogP contribution in [0, 0.1) is 13.8 Å². The van der Waals surface area contributed by atoms with Crippen LogP contribution in [0.15, 0.2) is 45.9 Å². The number of hydrogen-bond acceptors (Lipinski definition) is 7. The normalized spacial score (nSPS) is 17.6. The van der Waals surface area contributed by atoms with E-state index in [1.165, 1.54) is 17.5 Å². The number of hydrogen-bond donors (Lipinski definition) is 2. The lowest BCUT2D eigenvalue weighted by molar-refractivity contribution is 0.0684. The van der Waals surface area contributed by atoms with Gasteiger partial charge in [-0.3, -0.25) is 14.6 Å². The Morgan fingerprint density at radius 2 is 1.89 bits per heavy atom. The van der Waals surface area contributed by atoms with Gasteiger partial charge in [-0.2, -0.15) is 5.10 Å². The Kier molecular flexibility index (Phi) is 9.73. The van der Waals surface area contributed by atoms with Gasteiger partial charge in [0.15, 0.2) is 0 Å². The number of rotatable bonds is 1. The fourth-order valence-electron chi connectivity index (χ4n) is 7.10. The number of likely N-dealkylation sites (N-methyl/N-ethyl adjacent to an activating group) is 1. The molecule has 2 aliphatic rings. The minimum absolute atomic E-state index is 0.271. The second-order valence-corrected chi connectivity index (χ2v) is 14.1. The first-order valence-electron chi connectivity index (χ1n) is 16.2. The van der Waals surface area contributed by atoms with Crippen LogP contribution >= 0.6 is 23.4 Å². The summed E-state index contributed by atoms with van der Waals surface area (Å²) in [6.07, 6.45) is 7.01. The highest BCUT2D eigenvalue weighted by molar-refractivity contribution is 8.00. The zero-order valence-electron chi connectivity index (χ0n) is 27.8. The van der Waals surface area contributed by atoms with Crippen molar-refractivity contribution in [3.8, 4) is 16.9 Å². The molecule has 2 aromatic heterocycles. The van der Waals surface area contributed by atoms with Crippen LogP contribution in [0.4, 0.5) is 0 Å². The summed E-state index contributed by atoms with van der Waals surface area (Å²) in [5.74, 6) is 0.663. The van der Waals surface area contributed by atoms with Gasteiger partial charge in [-0.15, -0.1) is 11.8 Å². The maximum absolute atomic E-state index is 12.8. The number of carbonyl (C=O) groups is 1. The van der Waals surface area contributed by atoms with Crippen molar-refractivity contribution < 1.29 is 14.6 Å². The average molecular weight is 675 g/mol. The second-order valence-electron chi connectivity index (χ2n) is 12.6. The Morgan fingerprint density at radius 3 is 2.66 bits per heavy atom. The number of ether oxygens (including phenoxy) is 1. The van der Waals surface area contributed by atoms with Gasteiger partial charge in [0.2, 0.25) is 0 Å². The van der Waals surface area contributed by atoms with Crippen LogP contribution in [0.3, 0.4) is 0 Å². The molecule has 0 saturated carbocycles. The van der Waals surface area contributed by atoms with Crippen LogP contribution in [0.2, 0.25) is 5.02 Å². The number of nitrogens with zero attached hydrogens (tertiary/aromatic N) is 5. The van der Waals surface area contributed by atoms with Crippen LogP contribution < -0.4 is 10.5 Å². The van der Waals surface area contributed by atoms with E-state index in [1.54, 1.807) is 11.8 Å². The predicted molar refractivity (Wildman–Crippen MR) is 191 cm³/mol. The quantitative estimate of drug-likeness (QED) is 0.228. The molecule has 6 bridgehead atoms. The van der Waals surface area contributed by atoms with Crippen molar-refractivity contribution in [1.29, 1.82) is 0 Å². The lowest BCUT2D eigenvalue weighted by Crippen LogP contribution is -2.25. The van der Waals surface area contributed by atoms with E-state index in [1.807, 2.05) is 62.4 Å². The first-order chi connectivity index (χ1) is 22.6. The number of allylic oxidation sites excluding steroid dienone is 1. The number of carboxylic acid groups (broad SMARTS) is 1. The van der Waals surface area contributed by atoms with Gasteiger partial charge < -0.3 is 20.1 Å². The van der Waals surface area contributed by atoms with Gasteiger partial charge in [0.05, 0.1) is 12.3 Å². The largest absolute Gasteiger partial charge is 0.493 e. The smallest absolute Gasteiger partial charge is 0.352 e. The number of fused-ring (bicyclic) bond motifs is 6. The van der Waals surface area contributed by atoms with Crippen molar-refractivity contribution in [1.82, 2.24) is 19.2 Å². The van der Waals surface area contributed by atoms with Crippen LogP contribution in [-0.4, -0.2) is 69.0 Å². The van der Waals surface area contributed by atoms with E-state index >= 15 is 0 Å². The summed E-state index contributed by atoms with van der Waals surface area (Å²) in [4.78, 5) is 20.6. The molecule has 0 fully saturated rings. The Hall–Kier alpha value is -3.73. The fraction of sp³-hybridized carbons (Fsp3) is 0.417. The molecule has 3 N–H and O–H groups in total. The highest BCUT2D eigenvalue weighted by atomic mass is 35.5. The van der Waals surface area contributed by atoms with Crippen molar-refractivity contribution in [3.05, 3.63) is 74.8 Å². The Bertz CT molecular complexity index is 1920. The number of carboxylic acids is 1. The molecule has 2 aromatic carbocycles. The number of aromatic carboxylic acids is 1. The molecule has 3 heterocycles. The third-order valence-corrected chi connectivity index (χ3v) is 10.7. The van der Waals surface area contributed by atoms with Crippen LogP contribution in [0.5, 0.6) is 5.75 Å². The third-order valence-electron chi connectivity index (χ3n) is 9.36. The standard InChI is InChI=1S/C36H43ClN6O3S/c1-21-32-30-12-11-28(37)34(32)33-22(2)42(5)40-29(33)19-41(4)18-24(38)16-25(39-3)20-47-26-15-23-9-6-7-10-27(23)31(17-26)46-14-8-13-43(30)35(21)36(44)45/h11-12,15-17H,6-10,13-14,18-20,38H2,1-5H3,(H,44,45). The molecule has 0 saturated heterocycles. The van der Waals surface area contributed by atoms with E-state index in [0.29, 0.717) is 54.7 Å². The van der Waals surface area contributed by atoms with E-state index in [2.05, 4.69) is 22.0 Å². The molecule has 4 aromatic rings. The zero-order valence-corrected chi connectivity index (χ0v) is 29.4. The van der Waals surface area contributed by atoms with Gasteiger partial charge >= 0.3 is 5.97 Å². The van der Waals surface area contributed by atoms with Gasteiger partial charge in [0, 0.05) is 88.5 Å². The van der Waals surface area contributed by atoms with Gasteiger partial charge in [-0.25, -0.2) is 4.79 Å². The first kappa shape index (κ1) is 33.2. The van der Waals surface area contributed by atoms with Gasteiger partial charge in [0.25, 0.3) is 0 Å². The molecule has 0 atom stereocenters. The SMILES string of the molecule is CN=C1C=C(N)CN(C)Cc2nn(C)c(C)c2-c2c(Cl)ccc3c2c(C)c(C(=O)O)n3CCCOc2cc(cc3c2CCCC3)SC1. The molecule has 0 radical (unpaired) electrons. The Balaban J connectivity index is 1.48. The van der Waals surface area contributed by atoms with E-state index < -0.39 is 5.97 Å². The molecule has 1 aliphatic carbocycles. The Labute approximate surface area is 285 Å². The molecule has 6 rings (SSSR count). The lowest BCUT2D eigenvalue weighted by atomic mass is 9.91. The molecule has 11 heteroatoms. The number of nitrogens with two attached hydrogens (primary N) is 1. The van der Waals surface area contributed by atoms with Crippen LogP contribution in [0.25, 0.3) is 22.0 Å². The monoisotopic (exact) mass is 674 g/mol. The molecule has 47 heavy (non-hydrogen) atoms. The molecule has 1 aliphatic heterocycles. The maximum atomic E-state index is 12.8. The second kappa shape index (κ2) is 13.8. The fourth-order valence-corrected chi connectivity index (χ4v) is 8.30. The van der Waals surface area contributed by atoms with Gasteiger partial charge in [0.1, 0.15) is 11.4 Å². The van der Waals surface area contributed by atoms with Crippen LogP contribution in [-0.2, 0) is 33.0 Å². The molecular formula is C36H43ClN6O3S. The topological polar surface area (TPSA) is 111 Å². The minimum Gasteiger partial charge on any atom is -0.493 e. The molecule has 0 spiro atoms. The summed E-state index contributed by atoms with van der Waals surface area (Å²) in [5, 5.41) is 16.7. The van der Waals surface area contributed by atoms with Crippen molar-refractivity contribution in [2.75, 3.05) is 33.0 Å². The van der Waals surface area contributed by atoms with Gasteiger partial charge in [-0.05, 0) is 100 Å². The third kappa shape index (κ3) is 6.55. The molecule has 9 nitrogen and oxygen atoms in total. The highest BCUT2D eigenvalue weighted by Gasteiger charge is 2.27. The van der Waals surface area contributed by atoms with E-state index in [-0.39, 0.29) is 5.69 Å². The summed E-state index contributed by atoms with van der Waals surface area (Å²) in [7, 11) is 5.75. The van der Waals surface area contributed by atoms with Crippen molar-refractivity contribution in [3.63, 3.8) is 0 Å². The van der Waals surface area contributed by atoms with Crippen molar-refractivity contribution in [2.45, 2.75) is 63.9 Å². The number of halogens is 1. The summed E-state index contributed by atoms with van der Waals surface area (Å²) < 4.78 is 10.3. The molecular weight excluding hydrogens is 632 g/mol. The molecule has 0 amide bonds. The number of aliphatic imine (C=N–C) groups is 1. The first-order valence-corrected chi connectivity index (χ1v) is 17.5. The summed E-state index contributed by atoms with van der Waals surface area (Å²) in [5.41, 5.74) is 16.2. The number of benzene rings is 2. The van der Waals surface area contributed by atoms with E-state index in [9.17, 15) is 9.90 Å². The number of aromatic nitrogens is 3. The van der Waals surface area contributed by atoms with Crippen molar-refractivity contribution in [2.24, 2.45) is 17.8 Å². The maximum Gasteiger partial charge on any atom is 0.352 e. The lowest BCUT2D eigenvalue weighted by Gasteiger charge is -2.21. The average Bonchev–Trinajstić information content (AvgIpc) is 3.47. The predicted octanol–water partition coefficient (Wildman–Crippen LogP) is 6.81. The van der Waals surface area contributed by atoms with Crippen molar-refractivity contribution >= 4 is 45.9 Å². The highest BCUT2D eigenvalue weighted by Crippen LogP contribution is 2.43. The van der Waals surface area contributed by atoms with E-state index in [0.717, 1.165) is 69.0 Å². The van der Waals surface area contributed by atoms with E-state index in [4.69, 9.17) is 27.2 Å². The molecule has 248 valence electrons.